The predicted molar refractivity (Wildman–Crippen MR) is 94.3 cm³/mol. The molecular weight excluding hydrogens is 367 g/mol. The molecule has 132 valence electrons. The Hall–Kier alpha value is -2.51. The summed E-state index contributed by atoms with van der Waals surface area (Å²) in [7, 11) is -2.19. The Morgan fingerprint density at radius 2 is 2.00 bits per heavy atom. The van der Waals surface area contributed by atoms with E-state index < -0.39 is 21.5 Å². The molecule has 0 spiro atoms. The number of hydrogen-bond donors (Lipinski definition) is 1. The van der Waals surface area contributed by atoms with Crippen molar-refractivity contribution in [1.82, 2.24) is 9.13 Å². The molecule has 1 N–H and O–H groups in total. The second-order valence-corrected chi connectivity index (χ2v) is 7.70. The van der Waals surface area contributed by atoms with Crippen molar-refractivity contribution in [2.24, 2.45) is 7.05 Å². The fourth-order valence-electron chi connectivity index (χ4n) is 2.11. The van der Waals surface area contributed by atoms with Crippen molar-refractivity contribution in [2.45, 2.75) is 13.8 Å². The van der Waals surface area contributed by atoms with Gasteiger partial charge in [0.1, 0.15) is 16.5 Å². The molecular formula is C15H15FN4O3S2. The number of benzene rings is 1. The molecule has 10 heteroatoms. The van der Waals surface area contributed by atoms with Crippen LogP contribution in [0.2, 0.25) is 0 Å². The Morgan fingerprint density at radius 1 is 1.36 bits per heavy atom. The number of nitrogens with zero attached hydrogens (tertiary/aromatic N) is 3. The van der Waals surface area contributed by atoms with Crippen molar-refractivity contribution in [3.8, 4) is 11.8 Å². The summed E-state index contributed by atoms with van der Waals surface area (Å²) in [6.45, 7) is 3.10. The summed E-state index contributed by atoms with van der Waals surface area (Å²) >= 11 is 5.14. The number of halogens is 1. The topological polar surface area (TPSA) is 96.9 Å². The summed E-state index contributed by atoms with van der Waals surface area (Å²) in [6.07, 6.45) is 0. The first-order valence-electron chi connectivity index (χ1n) is 7.15. The second kappa shape index (κ2) is 6.78. The van der Waals surface area contributed by atoms with Gasteiger partial charge in [-0.25, -0.2) is 22.2 Å². The van der Waals surface area contributed by atoms with Gasteiger partial charge in [-0.05, 0) is 32.0 Å². The maximum Gasteiger partial charge on any atom is 0.333 e. The summed E-state index contributed by atoms with van der Waals surface area (Å²) in [5, 5.41) is 9.12. The van der Waals surface area contributed by atoms with E-state index in [0.717, 1.165) is 16.7 Å². The van der Waals surface area contributed by atoms with Gasteiger partial charge in [-0.2, -0.15) is 5.26 Å². The van der Waals surface area contributed by atoms with Crippen LogP contribution in [0.4, 0.5) is 10.1 Å². The van der Waals surface area contributed by atoms with Gasteiger partial charge in [-0.3, -0.25) is 4.72 Å². The average Bonchev–Trinajstić information content (AvgIpc) is 2.55. The largest absolute Gasteiger partial charge is 0.333 e. The summed E-state index contributed by atoms with van der Waals surface area (Å²) < 4.78 is 42.6. The van der Waals surface area contributed by atoms with E-state index in [1.165, 1.54) is 24.6 Å². The maximum absolute atomic E-state index is 14.5. The number of aryl methyl sites for hydroxylation is 1. The monoisotopic (exact) mass is 382 g/mol. The van der Waals surface area contributed by atoms with Gasteiger partial charge in [0, 0.05) is 12.7 Å². The van der Waals surface area contributed by atoms with Crippen molar-refractivity contribution < 1.29 is 12.8 Å². The third kappa shape index (κ3) is 3.62. The van der Waals surface area contributed by atoms with Gasteiger partial charge < -0.3 is 4.57 Å². The zero-order valence-corrected chi connectivity index (χ0v) is 15.3. The number of nitrogens with one attached hydrogen (secondary N) is 1. The Bertz CT molecular complexity index is 1110. The Labute approximate surface area is 149 Å². The quantitative estimate of drug-likeness (QED) is 0.816. The van der Waals surface area contributed by atoms with Crippen LogP contribution in [0.3, 0.4) is 0 Å². The molecule has 0 amide bonds. The highest BCUT2D eigenvalue weighted by Crippen LogP contribution is 2.24. The zero-order chi connectivity index (χ0) is 18.9. The first-order valence-corrected chi connectivity index (χ1v) is 9.21. The van der Waals surface area contributed by atoms with Crippen LogP contribution in [0.25, 0.3) is 5.69 Å². The van der Waals surface area contributed by atoms with E-state index in [1.807, 2.05) is 0 Å². The number of nitriles is 1. The Morgan fingerprint density at radius 3 is 2.56 bits per heavy atom. The van der Waals surface area contributed by atoms with Gasteiger partial charge in [0.2, 0.25) is 10.0 Å². The van der Waals surface area contributed by atoms with Crippen molar-refractivity contribution in [1.29, 1.82) is 5.26 Å². The van der Waals surface area contributed by atoms with E-state index in [4.69, 9.17) is 17.5 Å². The molecule has 0 aliphatic rings. The van der Waals surface area contributed by atoms with Crippen LogP contribution in [0, 0.1) is 28.7 Å². The summed E-state index contributed by atoms with van der Waals surface area (Å²) in [6, 6.07) is 5.20. The highest BCUT2D eigenvalue weighted by molar-refractivity contribution is 7.92. The van der Waals surface area contributed by atoms with Gasteiger partial charge in [-0.15, -0.1) is 0 Å². The predicted octanol–water partition coefficient (Wildman–Crippen LogP) is 1.99. The van der Waals surface area contributed by atoms with Crippen molar-refractivity contribution in [2.75, 3.05) is 10.5 Å². The van der Waals surface area contributed by atoms with Crippen LogP contribution in [0.5, 0.6) is 0 Å². The second-order valence-electron chi connectivity index (χ2n) is 5.27. The van der Waals surface area contributed by atoms with E-state index in [-0.39, 0.29) is 27.3 Å². The molecule has 1 aromatic heterocycles. The lowest BCUT2D eigenvalue weighted by Crippen LogP contribution is -2.30. The number of anilines is 1. The van der Waals surface area contributed by atoms with Crippen molar-refractivity contribution in [3.05, 3.63) is 50.4 Å². The summed E-state index contributed by atoms with van der Waals surface area (Å²) in [5.74, 6) is -1.09. The first-order chi connectivity index (χ1) is 11.6. The zero-order valence-electron chi connectivity index (χ0n) is 13.7. The van der Waals surface area contributed by atoms with Crippen LogP contribution in [-0.2, 0) is 17.1 Å². The molecule has 0 saturated carbocycles. The van der Waals surface area contributed by atoms with E-state index in [2.05, 4.69) is 4.72 Å². The standard InChI is InChI=1S/C15H15FN4O3S2/c1-4-25(22,23)18-12-7-13(11(16)6-10(12)8-17)20-14(24)5-9(2)19(3)15(20)21/h5-7,18H,4H2,1-3H3. The molecule has 0 fully saturated rings. The van der Waals surface area contributed by atoms with Gasteiger partial charge in [0.05, 0.1) is 22.7 Å². The molecule has 0 atom stereocenters. The molecule has 0 saturated heterocycles. The van der Waals surface area contributed by atoms with Gasteiger partial charge in [0.15, 0.2) is 0 Å². The molecule has 0 aliphatic carbocycles. The van der Waals surface area contributed by atoms with Crippen LogP contribution in [0.15, 0.2) is 23.0 Å². The van der Waals surface area contributed by atoms with Gasteiger partial charge in [-0.1, -0.05) is 12.2 Å². The minimum absolute atomic E-state index is 0.0634. The van der Waals surface area contributed by atoms with E-state index in [0.29, 0.717) is 5.69 Å². The van der Waals surface area contributed by atoms with Gasteiger partial charge in [0.25, 0.3) is 0 Å². The van der Waals surface area contributed by atoms with Gasteiger partial charge >= 0.3 is 5.69 Å². The number of aromatic nitrogens is 2. The van der Waals surface area contributed by atoms with Crippen LogP contribution < -0.4 is 10.4 Å². The highest BCUT2D eigenvalue weighted by Gasteiger charge is 2.17. The molecule has 25 heavy (non-hydrogen) atoms. The highest BCUT2D eigenvalue weighted by atomic mass is 32.2. The molecule has 2 rings (SSSR count). The minimum Gasteiger partial charge on any atom is -0.301 e. The minimum atomic E-state index is -3.69. The first kappa shape index (κ1) is 18.8. The van der Waals surface area contributed by atoms with Crippen molar-refractivity contribution >= 4 is 27.9 Å². The molecule has 1 heterocycles. The van der Waals surface area contributed by atoms with E-state index in [1.54, 1.807) is 13.0 Å². The smallest absolute Gasteiger partial charge is 0.301 e. The lowest BCUT2D eigenvalue weighted by atomic mass is 10.1. The number of hydrogen-bond acceptors (Lipinski definition) is 5. The number of rotatable bonds is 4. The molecule has 1 aromatic carbocycles. The number of sulfonamides is 1. The molecule has 2 aromatic rings. The molecule has 0 unspecified atom stereocenters. The molecule has 0 radical (unpaired) electrons. The summed E-state index contributed by atoms with van der Waals surface area (Å²) in [4.78, 5) is 12.5. The summed E-state index contributed by atoms with van der Waals surface area (Å²) in [5.41, 5.74) is -0.553. The normalized spacial score (nSPS) is 11.2. The average molecular weight is 382 g/mol. The van der Waals surface area contributed by atoms with Crippen LogP contribution in [-0.4, -0.2) is 23.3 Å². The molecule has 7 nitrogen and oxygen atoms in total. The molecule has 0 aliphatic heterocycles. The van der Waals surface area contributed by atoms with E-state index >= 15 is 0 Å². The SMILES string of the molecule is CCS(=O)(=O)Nc1cc(-n2c(=S)cc(C)n(C)c2=O)c(F)cc1C#N. The Kier molecular flexibility index (Phi) is 5.10. The molecule has 0 bridgehead atoms. The van der Waals surface area contributed by atoms with E-state index in [9.17, 15) is 17.6 Å². The lowest BCUT2D eigenvalue weighted by Gasteiger charge is -2.14. The third-order valence-corrected chi connectivity index (χ3v) is 5.25. The lowest BCUT2D eigenvalue weighted by molar-refractivity contribution is 0.601. The fraction of sp³-hybridized carbons (Fsp3) is 0.267. The third-order valence-electron chi connectivity index (χ3n) is 3.65. The Balaban J connectivity index is 2.82. The maximum atomic E-state index is 14.5. The van der Waals surface area contributed by atoms with Crippen LogP contribution >= 0.6 is 12.2 Å². The van der Waals surface area contributed by atoms with Crippen LogP contribution in [0.1, 0.15) is 18.2 Å². The van der Waals surface area contributed by atoms with Crippen molar-refractivity contribution in [3.63, 3.8) is 0 Å². The fourth-order valence-corrected chi connectivity index (χ4v) is 3.10.